The highest BCUT2D eigenvalue weighted by atomic mass is 32.1. The van der Waals surface area contributed by atoms with Gasteiger partial charge in [0.05, 0.1) is 6.61 Å². The van der Waals surface area contributed by atoms with Crippen LogP contribution in [0.25, 0.3) is 0 Å². The quantitative estimate of drug-likeness (QED) is 0.555. The molecule has 0 amide bonds. The molecular weight excluding hydrogens is 344 g/mol. The first kappa shape index (κ1) is 24.3. The van der Waals surface area contributed by atoms with E-state index in [1.54, 1.807) is 0 Å². The van der Waals surface area contributed by atoms with Crippen molar-refractivity contribution in [1.82, 2.24) is 0 Å². The Balaban J connectivity index is 0.000000603. The van der Waals surface area contributed by atoms with Gasteiger partial charge in [-0.15, -0.1) is 0 Å². The summed E-state index contributed by atoms with van der Waals surface area (Å²) in [7, 11) is 0. The normalized spacial score (nSPS) is 28.5. The molecule has 1 heterocycles. The zero-order chi connectivity index (χ0) is 17.9. The monoisotopic (exact) mass is 376 g/mol. The molecule has 0 bridgehead atoms. The van der Waals surface area contributed by atoms with Crippen LogP contribution in [0.2, 0.25) is 0 Å². The SMILES string of the molecule is CCCCCO[C@@H]1O[C@H](CO)[C@@H](O)[C@H](O)[C@H]1O.Cc1ccccc1.S. The molecule has 0 unspecified atom stereocenters. The van der Waals surface area contributed by atoms with Gasteiger partial charge in [0, 0.05) is 6.61 Å². The lowest BCUT2D eigenvalue weighted by molar-refractivity contribution is -0.301. The van der Waals surface area contributed by atoms with Gasteiger partial charge < -0.3 is 29.9 Å². The minimum Gasteiger partial charge on any atom is -0.394 e. The fraction of sp³-hybridized carbons (Fsp3) is 0.667. The van der Waals surface area contributed by atoms with Gasteiger partial charge in [-0.05, 0) is 13.3 Å². The van der Waals surface area contributed by atoms with Crippen LogP contribution in [0.3, 0.4) is 0 Å². The Kier molecular flexibility index (Phi) is 13.2. The summed E-state index contributed by atoms with van der Waals surface area (Å²) >= 11 is 0. The van der Waals surface area contributed by atoms with E-state index in [9.17, 15) is 15.3 Å². The molecule has 0 saturated carbocycles. The highest BCUT2D eigenvalue weighted by molar-refractivity contribution is 7.59. The Morgan fingerprint density at radius 3 is 2.12 bits per heavy atom. The van der Waals surface area contributed by atoms with Crippen LogP contribution in [0.5, 0.6) is 0 Å². The molecule has 0 spiro atoms. The third-order valence-corrected chi connectivity index (χ3v) is 3.82. The van der Waals surface area contributed by atoms with E-state index in [0.717, 1.165) is 19.3 Å². The van der Waals surface area contributed by atoms with E-state index in [0.29, 0.717) is 6.61 Å². The van der Waals surface area contributed by atoms with Crippen LogP contribution in [-0.4, -0.2) is 64.3 Å². The van der Waals surface area contributed by atoms with Crippen LogP contribution in [0, 0.1) is 6.92 Å². The fourth-order valence-corrected chi connectivity index (χ4v) is 2.29. The second kappa shape index (κ2) is 13.5. The van der Waals surface area contributed by atoms with Crippen LogP contribution in [0.1, 0.15) is 31.7 Å². The highest BCUT2D eigenvalue weighted by Gasteiger charge is 2.43. The summed E-state index contributed by atoms with van der Waals surface area (Å²) in [6.07, 6.45) is -2.98. The molecule has 0 radical (unpaired) electrons. The van der Waals surface area contributed by atoms with E-state index in [4.69, 9.17) is 14.6 Å². The predicted molar refractivity (Wildman–Crippen MR) is 101 cm³/mol. The molecule has 6 nitrogen and oxygen atoms in total. The van der Waals surface area contributed by atoms with E-state index < -0.39 is 37.3 Å². The van der Waals surface area contributed by atoms with Gasteiger partial charge in [0.1, 0.15) is 24.4 Å². The summed E-state index contributed by atoms with van der Waals surface area (Å²) < 4.78 is 10.5. The summed E-state index contributed by atoms with van der Waals surface area (Å²) in [6, 6.07) is 10.3. The topological polar surface area (TPSA) is 99.4 Å². The maximum atomic E-state index is 9.64. The van der Waals surface area contributed by atoms with Gasteiger partial charge in [0.2, 0.25) is 0 Å². The number of rotatable bonds is 6. The lowest BCUT2D eigenvalue weighted by Crippen LogP contribution is -2.59. The number of hydrogen-bond acceptors (Lipinski definition) is 6. The average Bonchev–Trinajstić information content (AvgIpc) is 2.59. The molecule has 146 valence electrons. The van der Waals surface area contributed by atoms with Crippen molar-refractivity contribution in [1.29, 1.82) is 0 Å². The Labute approximate surface area is 156 Å². The zero-order valence-corrected chi connectivity index (χ0v) is 15.9. The Hall–Kier alpha value is -0.670. The van der Waals surface area contributed by atoms with E-state index >= 15 is 0 Å². The Morgan fingerprint density at radius 1 is 1.00 bits per heavy atom. The molecule has 1 aromatic rings. The van der Waals surface area contributed by atoms with Crippen molar-refractivity contribution >= 4 is 13.5 Å². The third kappa shape index (κ3) is 8.50. The molecule has 0 aromatic heterocycles. The maximum Gasteiger partial charge on any atom is 0.186 e. The summed E-state index contributed by atoms with van der Waals surface area (Å²) in [4.78, 5) is 0. The van der Waals surface area contributed by atoms with Gasteiger partial charge in [-0.2, -0.15) is 13.5 Å². The number of aliphatic hydroxyl groups is 4. The molecule has 1 aliphatic heterocycles. The van der Waals surface area contributed by atoms with Crippen molar-refractivity contribution < 1.29 is 29.9 Å². The van der Waals surface area contributed by atoms with Crippen molar-refractivity contribution in [3.63, 3.8) is 0 Å². The van der Waals surface area contributed by atoms with Gasteiger partial charge in [-0.25, -0.2) is 0 Å². The standard InChI is InChI=1S/C11H22O6.C7H8.H2S/c1-2-3-4-5-16-11-10(15)9(14)8(13)7(6-12)17-11;1-7-5-3-2-4-6-7;/h7-15H,2-6H2,1H3;2-6H,1H3;1H2/t7-,8-,9+,10-,11-;;/m1../s1. The van der Waals surface area contributed by atoms with Crippen LogP contribution >= 0.6 is 13.5 Å². The number of aryl methyl sites for hydroxylation is 1. The minimum absolute atomic E-state index is 0. The number of benzene rings is 1. The van der Waals surface area contributed by atoms with Crippen LogP contribution in [0.4, 0.5) is 0 Å². The molecule has 1 saturated heterocycles. The van der Waals surface area contributed by atoms with E-state index in [1.807, 2.05) is 18.2 Å². The molecule has 25 heavy (non-hydrogen) atoms. The lowest BCUT2D eigenvalue weighted by atomic mass is 9.99. The fourth-order valence-electron chi connectivity index (χ4n) is 2.29. The predicted octanol–water partition coefficient (Wildman–Crippen LogP) is 1.10. The molecule has 1 aromatic carbocycles. The maximum absolute atomic E-state index is 9.64. The number of unbranched alkanes of at least 4 members (excludes halogenated alkanes) is 2. The number of hydrogen-bond donors (Lipinski definition) is 4. The van der Waals surface area contributed by atoms with E-state index in [1.165, 1.54) is 5.56 Å². The summed E-state index contributed by atoms with van der Waals surface area (Å²) in [5.74, 6) is 0. The van der Waals surface area contributed by atoms with Crippen LogP contribution < -0.4 is 0 Å². The van der Waals surface area contributed by atoms with Crippen molar-refractivity contribution in [3.8, 4) is 0 Å². The van der Waals surface area contributed by atoms with Gasteiger partial charge in [0.15, 0.2) is 6.29 Å². The number of ether oxygens (including phenoxy) is 2. The molecular formula is C18H32O6S. The van der Waals surface area contributed by atoms with Crippen LogP contribution in [0.15, 0.2) is 30.3 Å². The van der Waals surface area contributed by atoms with Gasteiger partial charge >= 0.3 is 0 Å². The second-order valence-corrected chi connectivity index (χ2v) is 5.93. The molecule has 1 fully saturated rings. The van der Waals surface area contributed by atoms with Gasteiger partial charge in [0.25, 0.3) is 0 Å². The van der Waals surface area contributed by atoms with Crippen molar-refractivity contribution in [2.45, 2.75) is 63.8 Å². The van der Waals surface area contributed by atoms with Crippen LogP contribution in [-0.2, 0) is 9.47 Å². The average molecular weight is 377 g/mol. The molecule has 1 aliphatic rings. The van der Waals surface area contributed by atoms with E-state index in [2.05, 4.69) is 26.0 Å². The zero-order valence-electron chi connectivity index (χ0n) is 14.9. The first-order chi connectivity index (χ1) is 11.5. The van der Waals surface area contributed by atoms with Gasteiger partial charge in [-0.1, -0.05) is 55.7 Å². The van der Waals surface area contributed by atoms with Crippen molar-refractivity contribution in [2.75, 3.05) is 13.2 Å². The molecule has 4 N–H and O–H groups in total. The first-order valence-corrected chi connectivity index (χ1v) is 8.45. The van der Waals surface area contributed by atoms with Gasteiger partial charge in [-0.3, -0.25) is 0 Å². The minimum atomic E-state index is -1.36. The van der Waals surface area contributed by atoms with Crippen molar-refractivity contribution in [2.24, 2.45) is 0 Å². The first-order valence-electron chi connectivity index (χ1n) is 8.45. The summed E-state index contributed by atoms with van der Waals surface area (Å²) in [5.41, 5.74) is 1.32. The number of aliphatic hydroxyl groups excluding tert-OH is 4. The molecule has 2 rings (SSSR count). The van der Waals surface area contributed by atoms with Crippen molar-refractivity contribution in [3.05, 3.63) is 35.9 Å². The molecule has 0 aliphatic carbocycles. The Bertz CT molecular complexity index is 431. The second-order valence-electron chi connectivity index (χ2n) is 5.93. The highest BCUT2D eigenvalue weighted by Crippen LogP contribution is 2.22. The Morgan fingerprint density at radius 2 is 1.64 bits per heavy atom. The summed E-state index contributed by atoms with van der Waals surface area (Å²) in [5, 5.41) is 37.6. The molecule has 7 heteroatoms. The van der Waals surface area contributed by atoms with E-state index in [-0.39, 0.29) is 13.5 Å². The largest absolute Gasteiger partial charge is 0.394 e. The lowest BCUT2D eigenvalue weighted by Gasteiger charge is -2.39. The summed E-state index contributed by atoms with van der Waals surface area (Å²) in [6.45, 7) is 4.13. The third-order valence-electron chi connectivity index (χ3n) is 3.82. The smallest absolute Gasteiger partial charge is 0.186 e. The molecule has 5 atom stereocenters.